The third-order valence-electron chi connectivity index (χ3n) is 1.88. The topological polar surface area (TPSA) is 29.1 Å². The van der Waals surface area contributed by atoms with E-state index < -0.39 is 10.8 Å². The molecule has 0 aliphatic heterocycles. The number of nitrogens with one attached hydrogen (secondary N) is 1. The number of halogens is 1. The van der Waals surface area contributed by atoms with E-state index in [4.69, 9.17) is 11.6 Å². The van der Waals surface area contributed by atoms with Gasteiger partial charge in [-0.2, -0.15) is 0 Å². The zero-order chi connectivity index (χ0) is 10.3. The Labute approximate surface area is 88.2 Å². The van der Waals surface area contributed by atoms with E-state index in [9.17, 15) is 4.21 Å². The van der Waals surface area contributed by atoms with Crippen LogP contribution in [0.4, 0.5) is 0 Å². The first-order valence-electron chi connectivity index (χ1n) is 4.36. The van der Waals surface area contributed by atoms with E-state index in [1.54, 1.807) is 11.8 Å². The molecule has 0 spiro atoms. The van der Waals surface area contributed by atoms with E-state index in [1.807, 2.05) is 13.8 Å². The summed E-state index contributed by atoms with van der Waals surface area (Å²) in [5.41, 5.74) is 2.70. The fourth-order valence-corrected chi connectivity index (χ4v) is 1.32. The van der Waals surface area contributed by atoms with Crippen molar-refractivity contribution in [1.29, 1.82) is 0 Å². The van der Waals surface area contributed by atoms with Crippen LogP contribution in [-0.4, -0.2) is 28.8 Å². The van der Waals surface area contributed by atoms with Crippen molar-refractivity contribution in [3.63, 3.8) is 0 Å². The van der Waals surface area contributed by atoms with Crippen molar-refractivity contribution in [3.05, 3.63) is 11.1 Å². The van der Waals surface area contributed by atoms with Crippen molar-refractivity contribution in [1.82, 2.24) is 5.32 Å². The molecular weight excluding hydrogens is 206 g/mol. The molecule has 0 aromatic carbocycles. The van der Waals surface area contributed by atoms with Crippen LogP contribution in [0.5, 0.6) is 0 Å². The van der Waals surface area contributed by atoms with Crippen LogP contribution >= 0.6 is 11.6 Å². The summed E-state index contributed by atoms with van der Waals surface area (Å²) < 4.78 is 11.0. The summed E-state index contributed by atoms with van der Waals surface area (Å²) in [6, 6.07) is 0. The summed E-state index contributed by atoms with van der Waals surface area (Å²) in [6.07, 6.45) is 2.69. The molecule has 0 saturated carbocycles. The minimum Gasteiger partial charge on any atom is -0.313 e. The van der Waals surface area contributed by atoms with Gasteiger partial charge < -0.3 is 5.32 Å². The van der Waals surface area contributed by atoms with Gasteiger partial charge in [0, 0.05) is 34.4 Å². The van der Waals surface area contributed by atoms with E-state index in [-0.39, 0.29) is 5.25 Å². The van der Waals surface area contributed by atoms with Crippen LogP contribution in [0.3, 0.4) is 0 Å². The van der Waals surface area contributed by atoms with Gasteiger partial charge >= 0.3 is 0 Å². The summed E-state index contributed by atoms with van der Waals surface area (Å²) >= 11 is 5.49. The van der Waals surface area contributed by atoms with Crippen LogP contribution in [0.25, 0.3) is 0 Å². The van der Waals surface area contributed by atoms with Gasteiger partial charge in [-0.15, -0.1) is 0 Å². The smallest absolute Gasteiger partial charge is 0.0329 e. The van der Waals surface area contributed by atoms with E-state index in [0.717, 1.165) is 25.1 Å². The Morgan fingerprint density at radius 3 is 2.77 bits per heavy atom. The molecule has 0 saturated heterocycles. The van der Waals surface area contributed by atoms with Crippen molar-refractivity contribution < 1.29 is 4.21 Å². The minimum absolute atomic E-state index is 0.271. The van der Waals surface area contributed by atoms with Gasteiger partial charge in [0.2, 0.25) is 0 Å². The lowest BCUT2D eigenvalue weighted by atomic mass is 10.3. The molecule has 2 unspecified atom stereocenters. The molecule has 0 amide bonds. The van der Waals surface area contributed by atoms with Gasteiger partial charge in [0.1, 0.15) is 0 Å². The van der Waals surface area contributed by atoms with E-state index in [1.165, 1.54) is 0 Å². The van der Waals surface area contributed by atoms with Gasteiger partial charge in [0.25, 0.3) is 0 Å². The van der Waals surface area contributed by atoms with E-state index in [2.05, 4.69) is 5.32 Å². The second kappa shape index (κ2) is 7.54. The van der Waals surface area contributed by atoms with Gasteiger partial charge in [-0.25, -0.2) is 0 Å². The maximum absolute atomic E-state index is 11.0. The third kappa shape index (κ3) is 7.23. The van der Waals surface area contributed by atoms with Crippen LogP contribution in [0.1, 0.15) is 20.3 Å². The second-order valence-corrected chi connectivity index (χ2v) is 5.25. The minimum atomic E-state index is -0.707. The fourth-order valence-electron chi connectivity index (χ4n) is 0.795. The summed E-state index contributed by atoms with van der Waals surface area (Å²) in [7, 11) is -0.707. The molecule has 0 aliphatic rings. The molecule has 0 rings (SSSR count). The first kappa shape index (κ1) is 13.1. The van der Waals surface area contributed by atoms with Crippen molar-refractivity contribution in [2.75, 3.05) is 19.3 Å². The highest BCUT2D eigenvalue weighted by Crippen LogP contribution is 1.98. The Hall–Kier alpha value is 0.140. The molecule has 0 heterocycles. The molecule has 4 heteroatoms. The molecule has 0 bridgehead atoms. The Bertz CT molecular complexity index is 194. The highest BCUT2D eigenvalue weighted by molar-refractivity contribution is 7.84. The molecule has 13 heavy (non-hydrogen) atoms. The van der Waals surface area contributed by atoms with Gasteiger partial charge in [-0.05, 0) is 25.5 Å². The lowest BCUT2D eigenvalue weighted by Gasteiger charge is -2.08. The maximum Gasteiger partial charge on any atom is 0.0329 e. The highest BCUT2D eigenvalue weighted by atomic mass is 35.5. The molecule has 0 aromatic rings. The first-order chi connectivity index (χ1) is 6.07. The molecule has 2 nitrogen and oxygen atoms in total. The Morgan fingerprint density at radius 1 is 1.69 bits per heavy atom. The summed E-state index contributed by atoms with van der Waals surface area (Å²) in [5, 5.41) is 3.51. The van der Waals surface area contributed by atoms with Gasteiger partial charge in [0.05, 0.1) is 0 Å². The third-order valence-corrected chi connectivity index (χ3v) is 3.63. The van der Waals surface area contributed by atoms with Crippen molar-refractivity contribution >= 4 is 22.4 Å². The predicted octanol–water partition coefficient (Wildman–Crippen LogP) is 1.88. The van der Waals surface area contributed by atoms with Crippen LogP contribution in [-0.2, 0) is 10.8 Å². The summed E-state index contributed by atoms with van der Waals surface area (Å²) in [6.45, 7) is 5.68. The predicted molar refractivity (Wildman–Crippen MR) is 60.6 cm³/mol. The zero-order valence-corrected chi connectivity index (χ0v) is 10.0. The maximum atomic E-state index is 11.0. The summed E-state index contributed by atoms with van der Waals surface area (Å²) in [4.78, 5) is 0. The SMILES string of the molecule is CC(=CCl)CNCCC(C)S(C)=O. The lowest BCUT2D eigenvalue weighted by Crippen LogP contribution is -2.22. The highest BCUT2D eigenvalue weighted by Gasteiger charge is 2.04. The number of rotatable bonds is 6. The average Bonchev–Trinajstić information content (AvgIpc) is 2.11. The second-order valence-electron chi connectivity index (χ2n) is 3.23. The average molecular weight is 224 g/mol. The Kier molecular flexibility index (Phi) is 7.62. The largest absolute Gasteiger partial charge is 0.313 e. The van der Waals surface area contributed by atoms with Crippen LogP contribution < -0.4 is 5.32 Å². The van der Waals surface area contributed by atoms with Crippen LogP contribution in [0.15, 0.2) is 11.1 Å². The molecule has 0 aliphatic carbocycles. The van der Waals surface area contributed by atoms with Gasteiger partial charge in [-0.1, -0.05) is 18.5 Å². The lowest BCUT2D eigenvalue weighted by molar-refractivity contribution is 0.646. The standard InChI is InChI=1S/C9H18ClNOS/c1-8(6-10)7-11-5-4-9(2)13(3)12/h6,9,11H,4-5,7H2,1-3H3. The Balaban J connectivity index is 3.41. The first-order valence-corrected chi connectivity index (χ1v) is 6.42. The quantitative estimate of drug-likeness (QED) is 0.697. The normalized spacial score (nSPS) is 17.1. The molecule has 0 fully saturated rings. The molecular formula is C9H18ClNOS. The van der Waals surface area contributed by atoms with Crippen molar-refractivity contribution in [2.45, 2.75) is 25.5 Å². The monoisotopic (exact) mass is 223 g/mol. The number of hydrogen-bond acceptors (Lipinski definition) is 2. The van der Waals surface area contributed by atoms with Crippen LogP contribution in [0, 0.1) is 0 Å². The molecule has 78 valence electrons. The number of hydrogen-bond donors (Lipinski definition) is 1. The van der Waals surface area contributed by atoms with E-state index in [0.29, 0.717) is 0 Å². The van der Waals surface area contributed by atoms with Gasteiger partial charge in [-0.3, -0.25) is 4.21 Å². The zero-order valence-electron chi connectivity index (χ0n) is 8.47. The van der Waals surface area contributed by atoms with Crippen molar-refractivity contribution in [2.24, 2.45) is 0 Å². The fraction of sp³-hybridized carbons (Fsp3) is 0.778. The summed E-state index contributed by atoms with van der Waals surface area (Å²) in [5.74, 6) is 0. The van der Waals surface area contributed by atoms with Crippen LogP contribution in [0.2, 0.25) is 0 Å². The molecule has 0 aromatic heterocycles. The van der Waals surface area contributed by atoms with Crippen molar-refractivity contribution in [3.8, 4) is 0 Å². The molecule has 2 atom stereocenters. The van der Waals surface area contributed by atoms with Gasteiger partial charge in [0.15, 0.2) is 0 Å². The Morgan fingerprint density at radius 2 is 2.31 bits per heavy atom. The van der Waals surface area contributed by atoms with E-state index >= 15 is 0 Å². The molecule has 0 radical (unpaired) electrons. The molecule has 1 N–H and O–H groups in total.